The number of rotatable bonds is 4. The normalized spacial score (nSPS) is 10.9. The monoisotopic (exact) mass is 381 g/mol. The van der Waals surface area contributed by atoms with Gasteiger partial charge < -0.3 is 0 Å². The lowest BCUT2D eigenvalue weighted by Crippen LogP contribution is -2.34. The second kappa shape index (κ2) is 7.03. The Labute approximate surface area is 156 Å². The van der Waals surface area contributed by atoms with E-state index in [9.17, 15) is 18.4 Å². The molecule has 0 aliphatic carbocycles. The highest BCUT2D eigenvalue weighted by Gasteiger charge is 2.13. The van der Waals surface area contributed by atoms with E-state index in [2.05, 4.69) is 15.5 Å². The summed E-state index contributed by atoms with van der Waals surface area (Å²) in [5.41, 5.74) is 3.36. The Balaban J connectivity index is 1.60. The van der Waals surface area contributed by atoms with Gasteiger partial charge in [-0.15, -0.1) is 0 Å². The predicted octanol–water partition coefficient (Wildman–Crippen LogP) is 2.17. The second-order valence-corrected chi connectivity index (χ2v) is 6.03. The molecule has 0 unspecified atom stereocenters. The van der Waals surface area contributed by atoms with Gasteiger partial charge in [0.1, 0.15) is 23.3 Å². The molecule has 2 aromatic heterocycles. The molecule has 28 heavy (non-hydrogen) atoms. The van der Waals surface area contributed by atoms with Crippen molar-refractivity contribution < 1.29 is 13.6 Å². The maximum Gasteiger partial charge on any atom is 0.283 e. The van der Waals surface area contributed by atoms with Crippen LogP contribution in [-0.4, -0.2) is 25.3 Å². The SMILES string of the molecule is O=C(Cc1ccc(F)cc1)Nn1cnc2c(cnn2-c2ccc(F)cc2)c1=O. The molecule has 4 aromatic rings. The van der Waals surface area contributed by atoms with Crippen LogP contribution in [0.15, 0.2) is 65.8 Å². The third-order valence-electron chi connectivity index (χ3n) is 4.08. The lowest BCUT2D eigenvalue weighted by Gasteiger charge is -2.08. The van der Waals surface area contributed by atoms with Gasteiger partial charge in [0, 0.05) is 0 Å². The number of benzene rings is 2. The molecule has 2 aromatic carbocycles. The van der Waals surface area contributed by atoms with Gasteiger partial charge in [-0.25, -0.2) is 23.1 Å². The number of nitrogens with zero attached hydrogens (tertiary/aromatic N) is 4. The summed E-state index contributed by atoms with van der Waals surface area (Å²) in [6.07, 6.45) is 2.48. The van der Waals surface area contributed by atoms with Gasteiger partial charge in [-0.05, 0) is 42.0 Å². The molecule has 4 rings (SSSR count). The van der Waals surface area contributed by atoms with Gasteiger partial charge in [-0.2, -0.15) is 5.10 Å². The number of halogens is 2. The fourth-order valence-corrected chi connectivity index (χ4v) is 2.72. The Kier molecular flexibility index (Phi) is 4.40. The van der Waals surface area contributed by atoms with E-state index >= 15 is 0 Å². The molecule has 0 aliphatic rings. The largest absolute Gasteiger partial charge is 0.283 e. The first kappa shape index (κ1) is 17.5. The molecule has 2 heterocycles. The summed E-state index contributed by atoms with van der Waals surface area (Å²) < 4.78 is 28.4. The highest BCUT2D eigenvalue weighted by molar-refractivity contribution is 5.86. The van der Waals surface area contributed by atoms with E-state index in [1.54, 1.807) is 0 Å². The number of nitrogens with one attached hydrogen (secondary N) is 1. The summed E-state index contributed by atoms with van der Waals surface area (Å²) >= 11 is 0. The van der Waals surface area contributed by atoms with Crippen LogP contribution in [0.3, 0.4) is 0 Å². The smallest absolute Gasteiger partial charge is 0.273 e. The zero-order chi connectivity index (χ0) is 19.7. The van der Waals surface area contributed by atoms with Crippen LogP contribution in [0.2, 0.25) is 0 Å². The molecule has 0 fully saturated rings. The first-order valence-electron chi connectivity index (χ1n) is 8.27. The average molecular weight is 381 g/mol. The maximum atomic E-state index is 13.1. The Morgan fingerprint density at radius 2 is 1.64 bits per heavy atom. The number of amides is 1. The number of aromatic nitrogens is 4. The number of hydrogen-bond acceptors (Lipinski definition) is 4. The van der Waals surface area contributed by atoms with Crippen LogP contribution in [0, 0.1) is 11.6 Å². The van der Waals surface area contributed by atoms with Crippen molar-refractivity contribution in [3.63, 3.8) is 0 Å². The minimum Gasteiger partial charge on any atom is -0.273 e. The highest BCUT2D eigenvalue weighted by Crippen LogP contribution is 2.14. The van der Waals surface area contributed by atoms with E-state index in [4.69, 9.17) is 0 Å². The van der Waals surface area contributed by atoms with Crippen LogP contribution in [0.5, 0.6) is 0 Å². The second-order valence-electron chi connectivity index (χ2n) is 6.03. The van der Waals surface area contributed by atoms with Crippen molar-refractivity contribution in [2.24, 2.45) is 0 Å². The van der Waals surface area contributed by atoms with E-state index in [1.807, 2.05) is 0 Å². The van der Waals surface area contributed by atoms with Crippen molar-refractivity contribution in [2.75, 3.05) is 5.43 Å². The summed E-state index contributed by atoms with van der Waals surface area (Å²) in [6, 6.07) is 11.1. The minimum absolute atomic E-state index is 0.0282. The van der Waals surface area contributed by atoms with Crippen LogP contribution in [0.1, 0.15) is 5.56 Å². The zero-order valence-electron chi connectivity index (χ0n) is 14.3. The molecular formula is C19H13F2N5O2. The van der Waals surface area contributed by atoms with E-state index < -0.39 is 17.3 Å². The summed E-state index contributed by atoms with van der Waals surface area (Å²) in [5, 5.41) is 4.31. The van der Waals surface area contributed by atoms with Gasteiger partial charge in [0.2, 0.25) is 5.91 Å². The van der Waals surface area contributed by atoms with Crippen molar-refractivity contribution in [1.82, 2.24) is 19.4 Å². The van der Waals surface area contributed by atoms with Gasteiger partial charge in [-0.1, -0.05) is 12.1 Å². The summed E-state index contributed by atoms with van der Waals surface area (Å²) in [4.78, 5) is 28.9. The fraction of sp³-hybridized carbons (Fsp3) is 0.0526. The standard InChI is InChI=1S/C19H13F2N5O2/c20-13-3-1-12(2-4-13)9-17(27)24-25-11-22-18-16(19(25)28)10-23-26(18)15-7-5-14(21)6-8-15/h1-8,10-11H,9H2,(H,24,27). The van der Waals surface area contributed by atoms with Crippen LogP contribution in [0.4, 0.5) is 8.78 Å². The third-order valence-corrected chi connectivity index (χ3v) is 4.08. The Hall–Kier alpha value is -3.88. The quantitative estimate of drug-likeness (QED) is 0.587. The van der Waals surface area contributed by atoms with Crippen LogP contribution in [-0.2, 0) is 11.2 Å². The van der Waals surface area contributed by atoms with Crippen molar-refractivity contribution in [1.29, 1.82) is 0 Å². The molecule has 0 spiro atoms. The van der Waals surface area contributed by atoms with Gasteiger partial charge in [0.05, 0.1) is 18.3 Å². The first-order valence-corrected chi connectivity index (χ1v) is 8.27. The fourth-order valence-electron chi connectivity index (χ4n) is 2.72. The molecule has 7 nitrogen and oxygen atoms in total. The van der Waals surface area contributed by atoms with Gasteiger partial charge in [0.15, 0.2) is 5.65 Å². The number of carbonyl (C=O) groups is 1. The molecule has 1 N–H and O–H groups in total. The van der Waals surface area contributed by atoms with Crippen molar-refractivity contribution >= 4 is 16.9 Å². The van der Waals surface area contributed by atoms with Crippen LogP contribution < -0.4 is 11.0 Å². The molecule has 0 radical (unpaired) electrons. The lowest BCUT2D eigenvalue weighted by molar-refractivity contribution is -0.116. The number of hydrogen-bond donors (Lipinski definition) is 1. The Morgan fingerprint density at radius 1 is 1.00 bits per heavy atom. The molecule has 0 bridgehead atoms. The molecule has 9 heteroatoms. The average Bonchev–Trinajstić information content (AvgIpc) is 3.11. The van der Waals surface area contributed by atoms with Crippen LogP contribution >= 0.6 is 0 Å². The molecule has 0 aliphatic heterocycles. The van der Waals surface area contributed by atoms with Crippen molar-refractivity contribution in [3.05, 3.63) is 88.6 Å². The molecule has 140 valence electrons. The summed E-state index contributed by atoms with van der Waals surface area (Å²) in [5.74, 6) is -1.24. The van der Waals surface area contributed by atoms with Crippen LogP contribution in [0.25, 0.3) is 16.7 Å². The molecule has 0 saturated heterocycles. The van der Waals surface area contributed by atoms with Gasteiger partial charge in [-0.3, -0.25) is 15.0 Å². The van der Waals surface area contributed by atoms with E-state index in [0.29, 0.717) is 11.3 Å². The zero-order valence-corrected chi connectivity index (χ0v) is 14.3. The summed E-state index contributed by atoms with van der Waals surface area (Å²) in [6.45, 7) is 0. The summed E-state index contributed by atoms with van der Waals surface area (Å²) in [7, 11) is 0. The van der Waals surface area contributed by atoms with Gasteiger partial charge >= 0.3 is 0 Å². The maximum absolute atomic E-state index is 13.1. The molecule has 1 amide bonds. The number of carbonyl (C=O) groups excluding carboxylic acids is 1. The minimum atomic E-state index is -0.509. The molecule has 0 saturated carbocycles. The topological polar surface area (TPSA) is 81.8 Å². The van der Waals surface area contributed by atoms with Gasteiger partial charge in [0.25, 0.3) is 5.56 Å². The van der Waals surface area contributed by atoms with E-state index in [-0.39, 0.29) is 23.3 Å². The Morgan fingerprint density at radius 3 is 2.32 bits per heavy atom. The highest BCUT2D eigenvalue weighted by atomic mass is 19.1. The van der Waals surface area contributed by atoms with E-state index in [0.717, 1.165) is 4.68 Å². The van der Waals surface area contributed by atoms with Crippen molar-refractivity contribution in [3.8, 4) is 5.69 Å². The molecular weight excluding hydrogens is 368 g/mol. The first-order chi connectivity index (χ1) is 13.5. The lowest BCUT2D eigenvalue weighted by atomic mass is 10.1. The van der Waals surface area contributed by atoms with Crippen molar-refractivity contribution in [2.45, 2.75) is 6.42 Å². The number of fused-ring (bicyclic) bond motifs is 1. The third kappa shape index (κ3) is 3.37. The Bertz CT molecular complexity index is 1210. The predicted molar refractivity (Wildman–Crippen MR) is 97.6 cm³/mol. The van der Waals surface area contributed by atoms with E-state index in [1.165, 1.54) is 65.7 Å². The molecule has 0 atom stereocenters.